The quantitative estimate of drug-likeness (QED) is 0.246. The third kappa shape index (κ3) is 2.98. The van der Waals surface area contributed by atoms with Crippen molar-refractivity contribution in [3.05, 3.63) is 0 Å². The zero-order valence-electron chi connectivity index (χ0n) is 4.70. The van der Waals surface area contributed by atoms with E-state index >= 15 is 0 Å². The highest BCUT2D eigenvalue weighted by atomic mass is 16.7. The molecule has 9 heavy (non-hydrogen) atoms. The van der Waals surface area contributed by atoms with Crippen LogP contribution in [0.2, 0.25) is 0 Å². The number of nitrogens with two attached hydrogens (primary N) is 2. The molecule has 0 aliphatic heterocycles. The fraction of sp³-hybridized carbons (Fsp3) is 0.667. The second-order valence-electron chi connectivity index (χ2n) is 1.33. The SMILES string of the molecule is NNOC(=O)[C@@H](N)CO. The molecule has 6 heteroatoms. The summed E-state index contributed by atoms with van der Waals surface area (Å²) in [6.07, 6.45) is 0. The van der Waals surface area contributed by atoms with Gasteiger partial charge >= 0.3 is 5.97 Å². The van der Waals surface area contributed by atoms with Gasteiger partial charge in [0.25, 0.3) is 0 Å². The van der Waals surface area contributed by atoms with Gasteiger partial charge in [0, 0.05) is 0 Å². The Morgan fingerprint density at radius 3 is 2.78 bits per heavy atom. The lowest BCUT2D eigenvalue weighted by Crippen LogP contribution is -2.40. The Labute approximate surface area is 51.7 Å². The van der Waals surface area contributed by atoms with Crippen molar-refractivity contribution in [1.82, 2.24) is 5.59 Å². The van der Waals surface area contributed by atoms with Crippen molar-refractivity contribution >= 4 is 5.97 Å². The van der Waals surface area contributed by atoms with Gasteiger partial charge in [0.2, 0.25) is 0 Å². The van der Waals surface area contributed by atoms with E-state index in [9.17, 15) is 4.79 Å². The lowest BCUT2D eigenvalue weighted by molar-refractivity contribution is -0.153. The summed E-state index contributed by atoms with van der Waals surface area (Å²) >= 11 is 0. The standard InChI is InChI=1S/C3H9N3O3/c4-2(1-7)3(8)9-6-5/h2,6-7H,1,4-5H2/t2-/m0/s1. The number of rotatable bonds is 3. The highest BCUT2D eigenvalue weighted by Crippen LogP contribution is 1.77. The molecule has 0 aromatic carbocycles. The minimum absolute atomic E-state index is 0.458. The van der Waals surface area contributed by atoms with E-state index in [1.54, 1.807) is 5.59 Å². The van der Waals surface area contributed by atoms with E-state index in [-0.39, 0.29) is 0 Å². The zero-order chi connectivity index (χ0) is 7.28. The van der Waals surface area contributed by atoms with Gasteiger partial charge in [-0.2, -0.15) is 0 Å². The van der Waals surface area contributed by atoms with E-state index in [0.29, 0.717) is 0 Å². The van der Waals surface area contributed by atoms with Crippen molar-refractivity contribution in [3.63, 3.8) is 0 Å². The van der Waals surface area contributed by atoms with Crippen LogP contribution in [0.15, 0.2) is 0 Å². The van der Waals surface area contributed by atoms with Gasteiger partial charge in [-0.1, -0.05) is 5.59 Å². The third-order valence-corrected chi connectivity index (χ3v) is 0.659. The number of hydrogen-bond acceptors (Lipinski definition) is 6. The molecule has 6 N–H and O–H groups in total. The van der Waals surface area contributed by atoms with Crippen LogP contribution in [0, 0.1) is 0 Å². The van der Waals surface area contributed by atoms with Crippen molar-refractivity contribution < 1.29 is 14.7 Å². The molecule has 0 amide bonds. The molecule has 6 nitrogen and oxygen atoms in total. The van der Waals surface area contributed by atoms with Gasteiger partial charge in [-0.15, -0.1) is 0 Å². The number of carbonyl (C=O) groups is 1. The average molecular weight is 135 g/mol. The molecule has 0 heterocycles. The van der Waals surface area contributed by atoms with Gasteiger partial charge in [0.1, 0.15) is 6.04 Å². The normalized spacial score (nSPS) is 12.8. The van der Waals surface area contributed by atoms with Gasteiger partial charge < -0.3 is 15.7 Å². The Hall–Kier alpha value is -0.690. The van der Waals surface area contributed by atoms with E-state index in [1.807, 2.05) is 0 Å². The number of nitrogens with one attached hydrogen (secondary N) is 1. The Kier molecular flexibility index (Phi) is 3.89. The molecule has 0 spiro atoms. The first-order valence-electron chi connectivity index (χ1n) is 2.25. The van der Waals surface area contributed by atoms with E-state index in [2.05, 4.69) is 10.7 Å². The van der Waals surface area contributed by atoms with Crippen molar-refractivity contribution in [2.45, 2.75) is 6.04 Å². The molecule has 0 fully saturated rings. The van der Waals surface area contributed by atoms with Crippen LogP contribution in [0.25, 0.3) is 0 Å². The maximum absolute atomic E-state index is 10.3. The second kappa shape index (κ2) is 4.21. The lowest BCUT2D eigenvalue weighted by Gasteiger charge is -2.04. The molecule has 0 saturated carbocycles. The first-order chi connectivity index (χ1) is 4.22. The van der Waals surface area contributed by atoms with E-state index in [4.69, 9.17) is 10.8 Å². The van der Waals surface area contributed by atoms with Crippen LogP contribution in [0.5, 0.6) is 0 Å². The molecule has 0 aliphatic carbocycles. The Bertz CT molecular complexity index is 96.3. The molecule has 0 rings (SSSR count). The van der Waals surface area contributed by atoms with Gasteiger partial charge in [-0.05, 0) is 0 Å². The van der Waals surface area contributed by atoms with Crippen LogP contribution in [0.1, 0.15) is 0 Å². The highest BCUT2D eigenvalue weighted by molar-refractivity contribution is 5.75. The van der Waals surface area contributed by atoms with Crippen LogP contribution in [0.4, 0.5) is 0 Å². The summed E-state index contributed by atoms with van der Waals surface area (Å²) in [5, 5.41) is 8.24. The van der Waals surface area contributed by atoms with Crippen molar-refractivity contribution in [1.29, 1.82) is 0 Å². The third-order valence-electron chi connectivity index (χ3n) is 0.659. The zero-order valence-corrected chi connectivity index (χ0v) is 4.70. The molecule has 0 unspecified atom stereocenters. The minimum atomic E-state index is -1.03. The van der Waals surface area contributed by atoms with Crippen molar-refractivity contribution in [2.75, 3.05) is 6.61 Å². The predicted octanol–water partition coefficient (Wildman–Crippen LogP) is -2.77. The monoisotopic (exact) mass is 135 g/mol. The van der Waals surface area contributed by atoms with E-state index in [0.717, 1.165) is 0 Å². The molecule has 1 atom stereocenters. The van der Waals surface area contributed by atoms with Gasteiger partial charge in [-0.25, -0.2) is 10.6 Å². The maximum Gasteiger partial charge on any atom is 0.345 e. The van der Waals surface area contributed by atoms with Gasteiger partial charge in [-0.3, -0.25) is 0 Å². The number of carbonyl (C=O) groups excluding carboxylic acids is 1. The summed E-state index contributed by atoms with van der Waals surface area (Å²) in [5.41, 5.74) is 6.62. The summed E-state index contributed by atoms with van der Waals surface area (Å²) in [6.45, 7) is -0.458. The molecule has 0 bridgehead atoms. The molecule has 0 aromatic rings. The fourth-order valence-electron chi connectivity index (χ4n) is 0.208. The first-order valence-corrected chi connectivity index (χ1v) is 2.25. The number of hydrogen-bond donors (Lipinski definition) is 4. The second-order valence-corrected chi connectivity index (χ2v) is 1.33. The van der Waals surface area contributed by atoms with Crippen molar-refractivity contribution in [3.8, 4) is 0 Å². The summed E-state index contributed by atoms with van der Waals surface area (Å²) in [7, 11) is 0. The Balaban J connectivity index is 3.46. The molecule has 0 aromatic heterocycles. The summed E-state index contributed by atoms with van der Waals surface area (Å²) < 4.78 is 0. The van der Waals surface area contributed by atoms with E-state index in [1.165, 1.54) is 0 Å². The van der Waals surface area contributed by atoms with Crippen LogP contribution in [-0.4, -0.2) is 23.7 Å². The maximum atomic E-state index is 10.3. The lowest BCUT2D eigenvalue weighted by atomic mass is 10.3. The van der Waals surface area contributed by atoms with E-state index < -0.39 is 18.6 Å². The molecular formula is C3H9N3O3. The Morgan fingerprint density at radius 2 is 2.44 bits per heavy atom. The topological polar surface area (TPSA) is 111 Å². The molecule has 0 saturated heterocycles. The number of aliphatic hydroxyl groups excluding tert-OH is 1. The molecule has 0 aliphatic rings. The summed E-state index contributed by atoms with van der Waals surface area (Å²) in [4.78, 5) is 14.3. The molecule has 54 valence electrons. The number of aliphatic hydroxyl groups is 1. The smallest absolute Gasteiger partial charge is 0.345 e. The Morgan fingerprint density at radius 1 is 1.89 bits per heavy atom. The van der Waals surface area contributed by atoms with Crippen molar-refractivity contribution in [2.24, 2.45) is 11.6 Å². The molecular weight excluding hydrogens is 126 g/mol. The highest BCUT2D eigenvalue weighted by Gasteiger charge is 2.12. The summed E-state index contributed by atoms with van der Waals surface area (Å²) in [6, 6.07) is -1.03. The number of hydrazine groups is 1. The predicted molar refractivity (Wildman–Crippen MR) is 28.5 cm³/mol. The summed E-state index contributed by atoms with van der Waals surface area (Å²) in [5.74, 6) is 3.80. The minimum Gasteiger partial charge on any atom is -0.394 e. The largest absolute Gasteiger partial charge is 0.394 e. The van der Waals surface area contributed by atoms with Gasteiger partial charge in [0.05, 0.1) is 6.61 Å². The van der Waals surface area contributed by atoms with Crippen LogP contribution in [0.3, 0.4) is 0 Å². The van der Waals surface area contributed by atoms with Crippen LogP contribution in [-0.2, 0) is 9.63 Å². The average Bonchev–Trinajstić information content (AvgIpc) is 1.87. The van der Waals surface area contributed by atoms with Gasteiger partial charge in [0.15, 0.2) is 0 Å². The van der Waals surface area contributed by atoms with Crippen LogP contribution < -0.4 is 17.2 Å². The fourth-order valence-corrected chi connectivity index (χ4v) is 0.208. The molecule has 0 radical (unpaired) electrons. The van der Waals surface area contributed by atoms with Crippen LogP contribution >= 0.6 is 0 Å². The first kappa shape index (κ1) is 8.31.